The number of carboxylic acids is 1. The van der Waals surface area contributed by atoms with E-state index in [1.807, 2.05) is 0 Å². The molecule has 0 aliphatic heterocycles. The smallest absolute Gasteiger partial charge is 0.356 e. The van der Waals surface area contributed by atoms with Crippen LogP contribution in [0.2, 0.25) is 15.2 Å². The maximum absolute atomic E-state index is 11.1. The van der Waals surface area contributed by atoms with Gasteiger partial charge in [-0.15, -0.1) is 0 Å². The van der Waals surface area contributed by atoms with E-state index in [4.69, 9.17) is 39.9 Å². The number of pyridine rings is 1. The maximum Gasteiger partial charge on any atom is 0.356 e. The van der Waals surface area contributed by atoms with Crippen molar-refractivity contribution in [1.29, 1.82) is 0 Å². The summed E-state index contributed by atoms with van der Waals surface area (Å²) in [6, 6.07) is 0. The van der Waals surface area contributed by atoms with E-state index in [1.165, 1.54) is 6.42 Å². The third kappa shape index (κ3) is 3.78. The van der Waals surface area contributed by atoms with Crippen LogP contribution in [-0.4, -0.2) is 21.8 Å². The first-order valence-electron chi connectivity index (χ1n) is 6.49. The molecule has 1 fully saturated rings. The zero-order valence-corrected chi connectivity index (χ0v) is 13.6. The lowest BCUT2D eigenvalue weighted by atomic mass is 9.89. The Kier molecular flexibility index (Phi) is 5.30. The summed E-state index contributed by atoms with van der Waals surface area (Å²) >= 11 is 17.9. The van der Waals surface area contributed by atoms with Crippen LogP contribution in [0, 0.1) is 5.92 Å². The molecular formula is C13H14Cl3N3O2. The lowest BCUT2D eigenvalue weighted by Crippen LogP contribution is -2.14. The van der Waals surface area contributed by atoms with Gasteiger partial charge in [-0.1, -0.05) is 41.7 Å². The largest absolute Gasteiger partial charge is 0.476 e. The van der Waals surface area contributed by atoms with Crippen LogP contribution in [0.25, 0.3) is 0 Å². The van der Waals surface area contributed by atoms with Gasteiger partial charge < -0.3 is 5.11 Å². The average molecular weight is 351 g/mol. The van der Waals surface area contributed by atoms with Gasteiger partial charge in [0.05, 0.1) is 5.69 Å². The highest BCUT2D eigenvalue weighted by Crippen LogP contribution is 2.37. The Hall–Kier alpha value is -1.04. The van der Waals surface area contributed by atoms with E-state index in [-0.39, 0.29) is 26.6 Å². The molecule has 0 spiro atoms. The van der Waals surface area contributed by atoms with E-state index in [1.54, 1.807) is 0 Å². The quantitative estimate of drug-likeness (QED) is 0.611. The molecule has 1 saturated carbocycles. The molecule has 1 atom stereocenters. The number of anilines is 1. The third-order valence-electron chi connectivity index (χ3n) is 3.31. The van der Waals surface area contributed by atoms with Gasteiger partial charge in [0, 0.05) is 5.71 Å². The fourth-order valence-corrected chi connectivity index (χ4v) is 2.92. The first-order chi connectivity index (χ1) is 9.90. The monoisotopic (exact) mass is 349 g/mol. The Labute approximate surface area is 137 Å². The van der Waals surface area contributed by atoms with Gasteiger partial charge in [-0.3, -0.25) is 5.43 Å². The summed E-state index contributed by atoms with van der Waals surface area (Å²) < 4.78 is 0. The molecule has 0 aromatic carbocycles. The molecule has 1 aromatic rings. The first kappa shape index (κ1) is 16.3. The third-order valence-corrected chi connectivity index (χ3v) is 4.42. The molecule has 0 radical (unpaired) electrons. The molecule has 21 heavy (non-hydrogen) atoms. The topological polar surface area (TPSA) is 74.6 Å². The van der Waals surface area contributed by atoms with Gasteiger partial charge >= 0.3 is 5.97 Å². The Bertz CT molecular complexity index is 605. The normalized spacial score (nSPS) is 20.6. The van der Waals surface area contributed by atoms with Crippen LogP contribution in [0.15, 0.2) is 5.10 Å². The number of nitrogens with zero attached hydrogens (tertiary/aromatic N) is 2. The second kappa shape index (κ2) is 6.81. The fraction of sp³-hybridized carbons (Fsp3) is 0.462. The molecule has 1 aliphatic carbocycles. The summed E-state index contributed by atoms with van der Waals surface area (Å²) in [6.07, 6.45) is 4.06. The molecule has 0 unspecified atom stereocenters. The van der Waals surface area contributed by atoms with Crippen molar-refractivity contribution in [2.24, 2.45) is 11.0 Å². The summed E-state index contributed by atoms with van der Waals surface area (Å²) in [7, 11) is 0. The predicted molar refractivity (Wildman–Crippen MR) is 84.9 cm³/mol. The van der Waals surface area contributed by atoms with Gasteiger partial charge in [-0.05, 0) is 31.6 Å². The number of rotatable bonds is 3. The molecule has 0 bridgehead atoms. The number of hydrogen-bond acceptors (Lipinski definition) is 4. The summed E-state index contributed by atoms with van der Waals surface area (Å²) in [6.45, 7) is 2.17. The van der Waals surface area contributed by atoms with E-state index >= 15 is 0 Å². The van der Waals surface area contributed by atoms with Crippen LogP contribution in [0.5, 0.6) is 0 Å². The maximum atomic E-state index is 11.1. The van der Waals surface area contributed by atoms with Crippen LogP contribution in [0.1, 0.15) is 43.1 Å². The van der Waals surface area contributed by atoms with Gasteiger partial charge in [-0.2, -0.15) is 5.10 Å². The summed E-state index contributed by atoms with van der Waals surface area (Å²) in [5.74, 6) is -0.693. The Balaban J connectivity index is 2.31. The Morgan fingerprint density at radius 1 is 1.38 bits per heavy atom. The average Bonchev–Trinajstić information content (AvgIpc) is 2.42. The highest BCUT2D eigenvalue weighted by Gasteiger charge is 2.21. The number of nitrogens with one attached hydrogen (secondary N) is 1. The lowest BCUT2D eigenvalue weighted by Gasteiger charge is -2.19. The molecule has 0 amide bonds. The molecule has 2 N–H and O–H groups in total. The van der Waals surface area contributed by atoms with Crippen LogP contribution >= 0.6 is 34.8 Å². The summed E-state index contributed by atoms with van der Waals surface area (Å²) in [4.78, 5) is 14.7. The van der Waals surface area contributed by atoms with Crippen molar-refractivity contribution in [2.75, 3.05) is 5.43 Å². The Morgan fingerprint density at radius 3 is 2.71 bits per heavy atom. The van der Waals surface area contributed by atoms with Crippen molar-refractivity contribution >= 4 is 52.2 Å². The van der Waals surface area contributed by atoms with E-state index in [2.05, 4.69) is 22.4 Å². The van der Waals surface area contributed by atoms with Crippen molar-refractivity contribution in [3.8, 4) is 0 Å². The number of halogens is 3. The van der Waals surface area contributed by atoms with Crippen LogP contribution < -0.4 is 5.43 Å². The highest BCUT2D eigenvalue weighted by molar-refractivity contribution is 6.46. The zero-order valence-electron chi connectivity index (χ0n) is 11.3. The number of carboxylic acid groups (broad SMARTS) is 1. The van der Waals surface area contributed by atoms with Gasteiger partial charge in [-0.25, -0.2) is 9.78 Å². The van der Waals surface area contributed by atoms with E-state index < -0.39 is 5.97 Å². The molecule has 8 heteroatoms. The molecular weight excluding hydrogens is 337 g/mol. The van der Waals surface area contributed by atoms with E-state index in [0.29, 0.717) is 5.92 Å². The SMILES string of the molecule is C[C@@H]1CCC/C(=N/Nc2c(Cl)c(Cl)nc(C(=O)O)c2Cl)C1. The summed E-state index contributed by atoms with van der Waals surface area (Å²) in [5, 5.41) is 13.2. The minimum atomic E-state index is -1.28. The van der Waals surface area contributed by atoms with Crippen molar-refractivity contribution in [1.82, 2.24) is 4.98 Å². The van der Waals surface area contributed by atoms with Crippen LogP contribution in [0.3, 0.4) is 0 Å². The molecule has 114 valence electrons. The second-order valence-corrected chi connectivity index (χ2v) is 6.16. The van der Waals surface area contributed by atoms with Gasteiger partial charge in [0.25, 0.3) is 0 Å². The molecule has 2 rings (SSSR count). The van der Waals surface area contributed by atoms with Crippen molar-refractivity contribution in [3.05, 3.63) is 20.9 Å². The van der Waals surface area contributed by atoms with Crippen molar-refractivity contribution < 1.29 is 9.90 Å². The minimum Gasteiger partial charge on any atom is -0.476 e. The molecule has 0 saturated heterocycles. The minimum absolute atomic E-state index is 0.0554. The van der Waals surface area contributed by atoms with E-state index in [0.717, 1.165) is 25.0 Å². The van der Waals surface area contributed by atoms with Gasteiger partial charge in [0.15, 0.2) is 10.8 Å². The standard InChI is InChI=1S/C13H14Cl3N3O2/c1-6-3-2-4-7(5-6)18-19-10-8(14)11(13(20)21)17-12(16)9(10)15/h6H,2-5H2,1H3,(H,17,19)(H,20,21)/b18-7-/t6-/m1/s1. The number of aromatic nitrogens is 1. The molecule has 1 aromatic heterocycles. The second-order valence-electron chi connectivity index (χ2n) is 5.05. The van der Waals surface area contributed by atoms with Crippen LogP contribution in [-0.2, 0) is 0 Å². The predicted octanol–water partition coefficient (Wildman–Crippen LogP) is 4.72. The van der Waals surface area contributed by atoms with Crippen molar-refractivity contribution in [2.45, 2.75) is 32.6 Å². The number of hydrogen-bond donors (Lipinski definition) is 2. The zero-order chi connectivity index (χ0) is 15.6. The first-order valence-corrected chi connectivity index (χ1v) is 7.62. The number of hydrazone groups is 1. The van der Waals surface area contributed by atoms with Gasteiger partial charge in [0.1, 0.15) is 10.0 Å². The molecule has 5 nitrogen and oxygen atoms in total. The lowest BCUT2D eigenvalue weighted by molar-refractivity contribution is 0.0691. The van der Waals surface area contributed by atoms with E-state index in [9.17, 15) is 4.79 Å². The van der Waals surface area contributed by atoms with Crippen molar-refractivity contribution in [3.63, 3.8) is 0 Å². The Morgan fingerprint density at radius 2 is 2.10 bits per heavy atom. The number of aromatic carboxylic acids is 1. The fourth-order valence-electron chi connectivity index (χ4n) is 2.25. The number of carbonyl (C=O) groups is 1. The highest BCUT2D eigenvalue weighted by atomic mass is 35.5. The van der Waals surface area contributed by atoms with Crippen LogP contribution in [0.4, 0.5) is 5.69 Å². The molecule has 1 aliphatic rings. The summed E-state index contributed by atoms with van der Waals surface area (Å²) in [5.41, 5.74) is 3.56. The van der Waals surface area contributed by atoms with Gasteiger partial charge in [0.2, 0.25) is 0 Å². The molecule has 1 heterocycles.